The third kappa shape index (κ3) is 4.15. The molecule has 3 N–H and O–H groups in total. The number of hydrogen-bond donors (Lipinski definition) is 2. The van der Waals surface area contributed by atoms with Gasteiger partial charge in [0.05, 0.1) is 0 Å². The molecule has 0 bridgehead atoms. The van der Waals surface area contributed by atoms with Crippen molar-refractivity contribution in [3.8, 4) is 0 Å². The van der Waals surface area contributed by atoms with Gasteiger partial charge in [0.1, 0.15) is 6.04 Å². The highest BCUT2D eigenvalue weighted by Crippen LogP contribution is 2.32. The zero-order valence-electron chi connectivity index (χ0n) is 10.3. The molecule has 1 fully saturated rings. The number of rotatable bonds is 5. The van der Waals surface area contributed by atoms with E-state index in [4.69, 9.17) is 5.73 Å². The normalized spacial score (nSPS) is 17.0. The summed E-state index contributed by atoms with van der Waals surface area (Å²) in [7, 11) is 0. The largest absolute Gasteiger partial charge is 0.350 e. The van der Waals surface area contributed by atoms with E-state index in [2.05, 4.69) is 10.4 Å². The van der Waals surface area contributed by atoms with Crippen molar-refractivity contribution in [1.82, 2.24) is 15.1 Å². The Kier molecular flexibility index (Phi) is 7.28. The molecule has 0 saturated heterocycles. The Morgan fingerprint density at radius 1 is 1.56 bits per heavy atom. The van der Waals surface area contributed by atoms with Gasteiger partial charge in [0.25, 0.3) is 0 Å². The Labute approximate surface area is 119 Å². The van der Waals surface area contributed by atoms with Crippen LogP contribution in [-0.4, -0.2) is 28.3 Å². The Balaban J connectivity index is 0.00000144. The van der Waals surface area contributed by atoms with Crippen LogP contribution in [0.3, 0.4) is 0 Å². The van der Waals surface area contributed by atoms with E-state index in [0.29, 0.717) is 12.5 Å². The van der Waals surface area contributed by atoms with E-state index in [1.165, 1.54) is 12.8 Å². The van der Waals surface area contributed by atoms with Gasteiger partial charge in [-0.15, -0.1) is 24.8 Å². The molecule has 1 amide bonds. The fourth-order valence-electron chi connectivity index (χ4n) is 1.80. The lowest BCUT2D eigenvalue weighted by Crippen LogP contribution is -2.44. The highest BCUT2D eigenvalue weighted by atomic mass is 35.5. The maximum absolute atomic E-state index is 11.9. The average molecular weight is 295 g/mol. The van der Waals surface area contributed by atoms with Crippen LogP contribution in [0.1, 0.15) is 25.8 Å². The lowest BCUT2D eigenvalue weighted by Gasteiger charge is -2.19. The molecule has 7 heteroatoms. The minimum Gasteiger partial charge on any atom is -0.350 e. The number of nitrogens with zero attached hydrogens (tertiary/aromatic N) is 2. The molecule has 1 aliphatic carbocycles. The van der Waals surface area contributed by atoms with E-state index in [1.807, 2.05) is 13.0 Å². The van der Waals surface area contributed by atoms with Gasteiger partial charge in [0.15, 0.2) is 0 Å². The van der Waals surface area contributed by atoms with Crippen molar-refractivity contribution in [2.24, 2.45) is 11.7 Å². The zero-order valence-corrected chi connectivity index (χ0v) is 11.9. The van der Waals surface area contributed by atoms with E-state index in [1.54, 1.807) is 17.1 Å². The molecule has 1 aromatic rings. The van der Waals surface area contributed by atoms with Gasteiger partial charge in [-0.25, -0.2) is 0 Å². The van der Waals surface area contributed by atoms with Gasteiger partial charge in [-0.2, -0.15) is 5.10 Å². The molecule has 0 spiro atoms. The van der Waals surface area contributed by atoms with Crippen molar-refractivity contribution in [3.63, 3.8) is 0 Å². The molecule has 1 saturated carbocycles. The molecule has 1 aromatic heterocycles. The smallest absolute Gasteiger partial charge is 0.244 e. The SMILES string of the molecule is CC(C(=O)NC(CN)C1CC1)n1cccn1.Cl.Cl. The summed E-state index contributed by atoms with van der Waals surface area (Å²) in [6, 6.07) is 1.67. The van der Waals surface area contributed by atoms with Gasteiger partial charge < -0.3 is 11.1 Å². The standard InChI is InChI=1S/C11H18N4O.2ClH/c1-8(15-6-2-5-13-15)11(16)14-10(7-12)9-3-4-9;;/h2,5-6,8-10H,3-4,7,12H2,1H3,(H,14,16);2*1H. The van der Waals surface area contributed by atoms with Gasteiger partial charge in [-0.05, 0) is 31.7 Å². The van der Waals surface area contributed by atoms with Crippen LogP contribution in [0, 0.1) is 5.92 Å². The van der Waals surface area contributed by atoms with Gasteiger partial charge in [-0.3, -0.25) is 9.48 Å². The third-order valence-corrected chi connectivity index (χ3v) is 3.07. The lowest BCUT2D eigenvalue weighted by molar-refractivity contribution is -0.124. The second kappa shape index (κ2) is 7.61. The first-order valence-corrected chi connectivity index (χ1v) is 5.72. The predicted octanol–water partition coefficient (Wildman–Crippen LogP) is 1.14. The first-order valence-electron chi connectivity index (χ1n) is 5.72. The van der Waals surface area contributed by atoms with Gasteiger partial charge >= 0.3 is 0 Å². The van der Waals surface area contributed by atoms with E-state index in [0.717, 1.165) is 0 Å². The van der Waals surface area contributed by atoms with E-state index in [-0.39, 0.29) is 42.8 Å². The van der Waals surface area contributed by atoms with Crippen molar-refractivity contribution in [2.45, 2.75) is 31.8 Å². The molecule has 5 nitrogen and oxygen atoms in total. The third-order valence-electron chi connectivity index (χ3n) is 3.07. The van der Waals surface area contributed by atoms with E-state index in [9.17, 15) is 4.79 Å². The fourth-order valence-corrected chi connectivity index (χ4v) is 1.80. The Morgan fingerprint density at radius 2 is 2.22 bits per heavy atom. The molecule has 2 rings (SSSR count). The Bertz CT molecular complexity index is 354. The molecular weight excluding hydrogens is 275 g/mol. The second-order valence-electron chi connectivity index (χ2n) is 4.35. The number of aromatic nitrogens is 2. The minimum absolute atomic E-state index is 0. The summed E-state index contributed by atoms with van der Waals surface area (Å²) in [4.78, 5) is 11.9. The number of halogens is 2. The summed E-state index contributed by atoms with van der Waals surface area (Å²) < 4.78 is 1.65. The van der Waals surface area contributed by atoms with Crippen LogP contribution in [0.15, 0.2) is 18.5 Å². The molecule has 1 heterocycles. The number of hydrogen-bond acceptors (Lipinski definition) is 3. The Hall–Kier alpha value is -0.780. The molecule has 0 aliphatic heterocycles. The number of nitrogens with two attached hydrogens (primary N) is 1. The van der Waals surface area contributed by atoms with Crippen molar-refractivity contribution in [1.29, 1.82) is 0 Å². The number of carbonyl (C=O) groups is 1. The molecule has 18 heavy (non-hydrogen) atoms. The van der Waals surface area contributed by atoms with Crippen LogP contribution in [0.25, 0.3) is 0 Å². The van der Waals surface area contributed by atoms with Crippen molar-refractivity contribution in [2.75, 3.05) is 6.54 Å². The molecule has 2 atom stereocenters. The van der Waals surface area contributed by atoms with Crippen LogP contribution >= 0.6 is 24.8 Å². The summed E-state index contributed by atoms with van der Waals surface area (Å²) in [5, 5.41) is 7.05. The summed E-state index contributed by atoms with van der Waals surface area (Å²) in [6.45, 7) is 2.35. The topological polar surface area (TPSA) is 72.9 Å². The molecule has 1 aliphatic rings. The average Bonchev–Trinajstić information content (AvgIpc) is 2.99. The number of carbonyl (C=O) groups excluding carboxylic acids is 1. The molecule has 2 unspecified atom stereocenters. The second-order valence-corrected chi connectivity index (χ2v) is 4.35. The Morgan fingerprint density at radius 3 is 2.67 bits per heavy atom. The predicted molar refractivity (Wildman–Crippen MR) is 75.1 cm³/mol. The molecule has 104 valence electrons. The molecule has 0 aromatic carbocycles. The van der Waals surface area contributed by atoms with Crippen LogP contribution in [0.4, 0.5) is 0 Å². The van der Waals surface area contributed by atoms with Crippen LogP contribution < -0.4 is 11.1 Å². The maximum atomic E-state index is 11.9. The van der Waals surface area contributed by atoms with Crippen LogP contribution in [0.5, 0.6) is 0 Å². The van der Waals surface area contributed by atoms with Crippen molar-refractivity contribution >= 4 is 30.7 Å². The monoisotopic (exact) mass is 294 g/mol. The first kappa shape index (κ1) is 17.2. The summed E-state index contributed by atoms with van der Waals surface area (Å²) >= 11 is 0. The summed E-state index contributed by atoms with van der Waals surface area (Å²) in [6.07, 6.45) is 5.82. The highest BCUT2D eigenvalue weighted by molar-refractivity contribution is 5.85. The number of amides is 1. The van der Waals surface area contributed by atoms with E-state index >= 15 is 0 Å². The quantitative estimate of drug-likeness (QED) is 0.855. The van der Waals surface area contributed by atoms with Gasteiger partial charge in [0.2, 0.25) is 5.91 Å². The van der Waals surface area contributed by atoms with Gasteiger partial charge in [0, 0.05) is 25.0 Å². The minimum atomic E-state index is -0.275. The van der Waals surface area contributed by atoms with Gasteiger partial charge in [-0.1, -0.05) is 0 Å². The van der Waals surface area contributed by atoms with Crippen molar-refractivity contribution in [3.05, 3.63) is 18.5 Å². The lowest BCUT2D eigenvalue weighted by atomic mass is 10.1. The first-order chi connectivity index (χ1) is 7.72. The molecule has 0 radical (unpaired) electrons. The molecular formula is C11H20Cl2N4O. The van der Waals surface area contributed by atoms with Crippen LogP contribution in [0.2, 0.25) is 0 Å². The fraction of sp³-hybridized carbons (Fsp3) is 0.636. The van der Waals surface area contributed by atoms with Crippen LogP contribution in [-0.2, 0) is 4.79 Å². The highest BCUT2D eigenvalue weighted by Gasteiger charge is 2.32. The van der Waals surface area contributed by atoms with Crippen molar-refractivity contribution < 1.29 is 4.79 Å². The van der Waals surface area contributed by atoms with E-state index < -0.39 is 0 Å². The number of nitrogens with one attached hydrogen (secondary N) is 1. The zero-order chi connectivity index (χ0) is 11.5. The summed E-state index contributed by atoms with van der Waals surface area (Å²) in [5.74, 6) is 0.574. The summed E-state index contributed by atoms with van der Waals surface area (Å²) in [5.41, 5.74) is 5.64. The maximum Gasteiger partial charge on any atom is 0.244 e.